The minimum Gasteiger partial charge on any atom is -0.326 e. The van der Waals surface area contributed by atoms with Crippen molar-refractivity contribution in [2.24, 2.45) is 5.73 Å². The van der Waals surface area contributed by atoms with Crippen LogP contribution in [0.5, 0.6) is 0 Å². The quantitative estimate of drug-likeness (QED) is 0.882. The van der Waals surface area contributed by atoms with Gasteiger partial charge in [-0.05, 0) is 30.9 Å². The van der Waals surface area contributed by atoms with E-state index >= 15 is 0 Å². The SMILES string of the molecule is Cc1nc(C2CCc3ccccc32)sc1CN. The van der Waals surface area contributed by atoms with Gasteiger partial charge in [-0.1, -0.05) is 24.3 Å². The van der Waals surface area contributed by atoms with Crippen LogP contribution in [0.2, 0.25) is 0 Å². The third kappa shape index (κ3) is 1.79. The maximum atomic E-state index is 5.73. The Labute approximate surface area is 106 Å². The van der Waals surface area contributed by atoms with Crippen molar-refractivity contribution >= 4 is 11.3 Å². The van der Waals surface area contributed by atoms with Gasteiger partial charge in [0.1, 0.15) is 5.01 Å². The molecule has 0 fully saturated rings. The molecule has 88 valence electrons. The highest BCUT2D eigenvalue weighted by Crippen LogP contribution is 2.39. The molecule has 1 heterocycles. The predicted molar refractivity (Wildman–Crippen MR) is 71.3 cm³/mol. The van der Waals surface area contributed by atoms with Crippen LogP contribution in [-0.4, -0.2) is 4.98 Å². The summed E-state index contributed by atoms with van der Waals surface area (Å²) in [6.45, 7) is 2.67. The van der Waals surface area contributed by atoms with Crippen LogP contribution in [-0.2, 0) is 13.0 Å². The number of aromatic nitrogens is 1. The van der Waals surface area contributed by atoms with Gasteiger partial charge in [-0.25, -0.2) is 4.98 Å². The summed E-state index contributed by atoms with van der Waals surface area (Å²) in [5, 5.41) is 1.24. The maximum absolute atomic E-state index is 5.73. The minimum absolute atomic E-state index is 0.496. The van der Waals surface area contributed by atoms with Gasteiger partial charge < -0.3 is 5.73 Å². The van der Waals surface area contributed by atoms with Crippen LogP contribution in [0.4, 0.5) is 0 Å². The molecule has 0 aliphatic heterocycles. The van der Waals surface area contributed by atoms with Crippen LogP contribution in [0, 0.1) is 6.92 Å². The molecule has 2 aromatic rings. The number of hydrogen-bond acceptors (Lipinski definition) is 3. The second kappa shape index (κ2) is 4.24. The number of benzene rings is 1. The van der Waals surface area contributed by atoms with E-state index in [0.29, 0.717) is 12.5 Å². The Bertz CT molecular complexity index is 545. The summed E-state index contributed by atoms with van der Waals surface area (Å²) in [5.74, 6) is 0.496. The molecule has 2 nitrogen and oxygen atoms in total. The second-order valence-corrected chi connectivity index (χ2v) is 5.67. The first-order valence-corrected chi connectivity index (χ1v) is 6.85. The monoisotopic (exact) mass is 244 g/mol. The molecule has 0 spiro atoms. The summed E-state index contributed by atoms with van der Waals surface area (Å²) in [6, 6.07) is 8.73. The zero-order chi connectivity index (χ0) is 11.8. The summed E-state index contributed by atoms with van der Waals surface area (Å²) in [6.07, 6.45) is 2.37. The van der Waals surface area contributed by atoms with Crippen LogP contribution in [0.1, 0.15) is 39.0 Å². The Morgan fingerprint density at radius 2 is 2.24 bits per heavy atom. The molecule has 2 N–H and O–H groups in total. The van der Waals surface area contributed by atoms with Gasteiger partial charge in [-0.2, -0.15) is 0 Å². The number of fused-ring (bicyclic) bond motifs is 1. The van der Waals surface area contributed by atoms with E-state index < -0.39 is 0 Å². The van der Waals surface area contributed by atoms with E-state index in [-0.39, 0.29) is 0 Å². The first-order valence-electron chi connectivity index (χ1n) is 6.03. The number of nitrogens with zero attached hydrogens (tertiary/aromatic N) is 1. The van der Waals surface area contributed by atoms with E-state index in [1.54, 1.807) is 11.3 Å². The van der Waals surface area contributed by atoms with Gasteiger partial charge in [0, 0.05) is 17.3 Å². The Morgan fingerprint density at radius 3 is 3.00 bits per heavy atom. The highest BCUT2D eigenvalue weighted by Gasteiger charge is 2.26. The van der Waals surface area contributed by atoms with Gasteiger partial charge in [0.2, 0.25) is 0 Å². The number of rotatable bonds is 2. The molecule has 0 amide bonds. The molecule has 3 heteroatoms. The maximum Gasteiger partial charge on any atom is 0.101 e. The van der Waals surface area contributed by atoms with Crippen molar-refractivity contribution in [1.82, 2.24) is 4.98 Å². The van der Waals surface area contributed by atoms with Crippen molar-refractivity contribution in [3.05, 3.63) is 51.0 Å². The molecule has 1 aromatic heterocycles. The Morgan fingerprint density at radius 1 is 1.41 bits per heavy atom. The number of nitrogens with two attached hydrogens (primary N) is 1. The standard InChI is InChI=1S/C14H16N2S/c1-9-13(8-15)17-14(16-9)12-7-6-10-4-2-3-5-11(10)12/h2-5,12H,6-8,15H2,1H3. The molecule has 1 atom stereocenters. The van der Waals surface area contributed by atoms with Gasteiger partial charge in [0.05, 0.1) is 5.69 Å². The summed E-state index contributed by atoms with van der Waals surface area (Å²) in [4.78, 5) is 5.93. The summed E-state index contributed by atoms with van der Waals surface area (Å²) in [5.41, 5.74) is 9.78. The van der Waals surface area contributed by atoms with Gasteiger partial charge in [-0.3, -0.25) is 0 Å². The lowest BCUT2D eigenvalue weighted by Gasteiger charge is -2.07. The highest BCUT2D eigenvalue weighted by molar-refractivity contribution is 7.11. The molecule has 0 radical (unpaired) electrons. The van der Waals surface area contributed by atoms with E-state index in [1.807, 2.05) is 0 Å². The van der Waals surface area contributed by atoms with E-state index in [9.17, 15) is 0 Å². The third-order valence-electron chi connectivity index (χ3n) is 3.53. The minimum atomic E-state index is 0.496. The van der Waals surface area contributed by atoms with Crippen LogP contribution >= 0.6 is 11.3 Å². The molecule has 3 rings (SSSR count). The first kappa shape index (κ1) is 10.9. The fraction of sp³-hybridized carbons (Fsp3) is 0.357. The number of hydrogen-bond donors (Lipinski definition) is 1. The lowest BCUT2D eigenvalue weighted by Crippen LogP contribution is -1.95. The average Bonchev–Trinajstić information content (AvgIpc) is 2.92. The van der Waals surface area contributed by atoms with E-state index in [2.05, 4.69) is 31.2 Å². The van der Waals surface area contributed by atoms with Gasteiger partial charge in [-0.15, -0.1) is 11.3 Å². The molecular formula is C14H16N2S. The summed E-state index contributed by atoms with van der Waals surface area (Å²) in [7, 11) is 0. The van der Waals surface area contributed by atoms with Gasteiger partial charge >= 0.3 is 0 Å². The summed E-state index contributed by atoms with van der Waals surface area (Å²) >= 11 is 1.78. The number of aryl methyl sites for hydroxylation is 2. The topological polar surface area (TPSA) is 38.9 Å². The third-order valence-corrected chi connectivity index (χ3v) is 4.82. The fourth-order valence-corrected chi connectivity index (χ4v) is 3.70. The van der Waals surface area contributed by atoms with Crippen LogP contribution in [0.25, 0.3) is 0 Å². The molecule has 17 heavy (non-hydrogen) atoms. The zero-order valence-corrected chi connectivity index (χ0v) is 10.8. The molecule has 1 aliphatic carbocycles. The normalized spacial score (nSPS) is 18.4. The van der Waals surface area contributed by atoms with Crippen LogP contribution in [0.15, 0.2) is 24.3 Å². The Kier molecular flexibility index (Phi) is 2.73. The molecular weight excluding hydrogens is 228 g/mol. The molecule has 0 saturated heterocycles. The zero-order valence-electron chi connectivity index (χ0n) is 9.94. The first-order chi connectivity index (χ1) is 8.29. The van der Waals surface area contributed by atoms with Crippen LogP contribution < -0.4 is 5.73 Å². The average molecular weight is 244 g/mol. The summed E-state index contributed by atoms with van der Waals surface area (Å²) < 4.78 is 0. The van der Waals surface area contributed by atoms with Crippen molar-refractivity contribution in [3.8, 4) is 0 Å². The van der Waals surface area contributed by atoms with Crippen molar-refractivity contribution in [2.75, 3.05) is 0 Å². The molecule has 0 saturated carbocycles. The van der Waals surface area contributed by atoms with Crippen molar-refractivity contribution in [3.63, 3.8) is 0 Å². The van der Waals surface area contributed by atoms with Crippen molar-refractivity contribution in [2.45, 2.75) is 32.2 Å². The van der Waals surface area contributed by atoms with Crippen molar-refractivity contribution in [1.29, 1.82) is 0 Å². The molecule has 1 aromatic carbocycles. The number of thiazole rings is 1. The largest absolute Gasteiger partial charge is 0.326 e. The lowest BCUT2D eigenvalue weighted by atomic mass is 10.0. The van der Waals surface area contributed by atoms with Crippen LogP contribution in [0.3, 0.4) is 0 Å². The molecule has 0 bridgehead atoms. The van der Waals surface area contributed by atoms with Gasteiger partial charge in [0.25, 0.3) is 0 Å². The van der Waals surface area contributed by atoms with Crippen molar-refractivity contribution < 1.29 is 0 Å². The Hall–Kier alpha value is -1.19. The predicted octanol–water partition coefficient (Wildman–Crippen LogP) is 2.99. The Balaban J connectivity index is 2.01. The molecule has 1 aliphatic rings. The van der Waals surface area contributed by atoms with E-state index in [1.165, 1.54) is 33.9 Å². The van der Waals surface area contributed by atoms with E-state index in [4.69, 9.17) is 10.7 Å². The van der Waals surface area contributed by atoms with Gasteiger partial charge in [0.15, 0.2) is 0 Å². The van der Waals surface area contributed by atoms with E-state index in [0.717, 1.165) is 5.69 Å². The lowest BCUT2D eigenvalue weighted by molar-refractivity contribution is 0.777. The molecule has 1 unspecified atom stereocenters. The second-order valence-electron chi connectivity index (χ2n) is 4.55. The fourth-order valence-electron chi connectivity index (χ4n) is 2.60. The highest BCUT2D eigenvalue weighted by atomic mass is 32.1. The smallest absolute Gasteiger partial charge is 0.101 e.